The monoisotopic (exact) mass is 348 g/mol. The number of urea groups is 1. The van der Waals surface area contributed by atoms with Crippen molar-refractivity contribution in [3.05, 3.63) is 52.5 Å². The Balaban J connectivity index is 1.84. The SMILES string of the molecule is O=C(N=Nc1c(O)[nH]c2cccc(Cl)c12)Nc1ccc(Cl)cc1. The van der Waals surface area contributed by atoms with Gasteiger partial charge < -0.3 is 15.4 Å². The average Bonchev–Trinajstić information content (AvgIpc) is 2.84. The highest BCUT2D eigenvalue weighted by molar-refractivity contribution is 6.36. The molecule has 6 nitrogen and oxygen atoms in total. The van der Waals surface area contributed by atoms with Crippen molar-refractivity contribution in [3.8, 4) is 5.88 Å². The van der Waals surface area contributed by atoms with Gasteiger partial charge in [-0.15, -0.1) is 5.11 Å². The number of nitrogens with one attached hydrogen (secondary N) is 2. The maximum atomic E-state index is 11.8. The zero-order chi connectivity index (χ0) is 16.4. The molecule has 0 unspecified atom stereocenters. The molecule has 0 fully saturated rings. The number of fused-ring (bicyclic) bond motifs is 1. The van der Waals surface area contributed by atoms with Crippen LogP contribution in [0, 0.1) is 0 Å². The minimum Gasteiger partial charge on any atom is -0.493 e. The van der Waals surface area contributed by atoms with Gasteiger partial charge in [-0.3, -0.25) is 0 Å². The first kappa shape index (κ1) is 15.3. The van der Waals surface area contributed by atoms with E-state index in [-0.39, 0.29) is 11.6 Å². The van der Waals surface area contributed by atoms with Crippen molar-refractivity contribution in [3.63, 3.8) is 0 Å². The predicted molar refractivity (Wildman–Crippen MR) is 90.0 cm³/mol. The van der Waals surface area contributed by atoms with Crippen LogP contribution in [-0.4, -0.2) is 16.1 Å². The summed E-state index contributed by atoms with van der Waals surface area (Å²) in [6.45, 7) is 0. The molecule has 3 aromatic rings. The number of H-pyrrole nitrogens is 1. The summed E-state index contributed by atoms with van der Waals surface area (Å²) in [5.41, 5.74) is 1.23. The number of carbonyl (C=O) groups is 1. The highest BCUT2D eigenvalue weighted by Gasteiger charge is 2.13. The van der Waals surface area contributed by atoms with E-state index in [0.717, 1.165) is 0 Å². The second-order valence-electron chi connectivity index (χ2n) is 4.62. The highest BCUT2D eigenvalue weighted by Crippen LogP contribution is 2.39. The van der Waals surface area contributed by atoms with Gasteiger partial charge >= 0.3 is 6.03 Å². The lowest BCUT2D eigenvalue weighted by Crippen LogP contribution is -2.04. The van der Waals surface area contributed by atoms with Crippen molar-refractivity contribution in [2.24, 2.45) is 10.2 Å². The molecule has 8 heteroatoms. The molecule has 3 N–H and O–H groups in total. The Morgan fingerprint density at radius 1 is 1.13 bits per heavy atom. The number of aromatic nitrogens is 1. The summed E-state index contributed by atoms with van der Waals surface area (Å²) in [7, 11) is 0. The van der Waals surface area contributed by atoms with Crippen molar-refractivity contribution in [2.75, 3.05) is 5.32 Å². The summed E-state index contributed by atoms with van der Waals surface area (Å²) in [5, 5.41) is 21.2. The van der Waals surface area contributed by atoms with Crippen LogP contribution in [0.25, 0.3) is 10.9 Å². The minimum absolute atomic E-state index is 0.108. The lowest BCUT2D eigenvalue weighted by molar-refractivity contribution is 0.258. The Labute approximate surface area is 140 Å². The van der Waals surface area contributed by atoms with Crippen LogP contribution < -0.4 is 5.32 Å². The Morgan fingerprint density at radius 3 is 2.61 bits per heavy atom. The Morgan fingerprint density at radius 2 is 1.87 bits per heavy atom. The number of hydrogen-bond donors (Lipinski definition) is 3. The molecule has 1 aromatic heterocycles. The van der Waals surface area contributed by atoms with Crippen LogP contribution in [0.4, 0.5) is 16.2 Å². The third-order valence-electron chi connectivity index (χ3n) is 3.06. The highest BCUT2D eigenvalue weighted by atomic mass is 35.5. The predicted octanol–water partition coefficient (Wildman–Crippen LogP) is 5.50. The molecule has 2 amide bonds. The van der Waals surface area contributed by atoms with E-state index >= 15 is 0 Å². The number of hydrogen-bond acceptors (Lipinski definition) is 3. The van der Waals surface area contributed by atoms with E-state index in [1.807, 2.05) is 0 Å². The number of benzene rings is 2. The molecule has 0 aliphatic heterocycles. The van der Waals surface area contributed by atoms with Gasteiger partial charge in [0.25, 0.3) is 0 Å². The number of halogens is 2. The van der Waals surface area contributed by atoms with E-state index in [1.54, 1.807) is 42.5 Å². The molecule has 3 rings (SSSR count). The zero-order valence-electron chi connectivity index (χ0n) is 11.5. The fourth-order valence-corrected chi connectivity index (χ4v) is 2.44. The number of nitrogens with zero attached hydrogens (tertiary/aromatic N) is 2. The number of rotatable bonds is 2. The second-order valence-corrected chi connectivity index (χ2v) is 5.47. The number of carbonyl (C=O) groups excluding carboxylic acids is 1. The molecule has 2 aromatic carbocycles. The average molecular weight is 349 g/mol. The topological polar surface area (TPSA) is 89.8 Å². The van der Waals surface area contributed by atoms with Crippen LogP contribution >= 0.6 is 23.2 Å². The quantitative estimate of drug-likeness (QED) is 0.534. The molecule has 23 heavy (non-hydrogen) atoms. The van der Waals surface area contributed by atoms with Crippen LogP contribution in [0.5, 0.6) is 5.88 Å². The third kappa shape index (κ3) is 3.28. The number of aromatic amines is 1. The molecule has 0 saturated heterocycles. The fraction of sp³-hybridized carbons (Fsp3) is 0. The van der Waals surface area contributed by atoms with E-state index < -0.39 is 6.03 Å². The van der Waals surface area contributed by atoms with E-state index in [2.05, 4.69) is 20.5 Å². The maximum Gasteiger partial charge on any atom is 0.364 e. The fourth-order valence-electron chi connectivity index (χ4n) is 2.05. The molecule has 1 heterocycles. The summed E-state index contributed by atoms with van der Waals surface area (Å²) >= 11 is 11.9. The summed E-state index contributed by atoms with van der Waals surface area (Å²) in [4.78, 5) is 14.5. The summed E-state index contributed by atoms with van der Waals surface area (Å²) in [6, 6.07) is 11.0. The van der Waals surface area contributed by atoms with Crippen LogP contribution in [-0.2, 0) is 0 Å². The van der Waals surface area contributed by atoms with Gasteiger partial charge in [0.05, 0.1) is 10.5 Å². The molecule has 116 valence electrons. The zero-order valence-corrected chi connectivity index (χ0v) is 13.1. The van der Waals surface area contributed by atoms with Crippen LogP contribution in [0.2, 0.25) is 10.0 Å². The van der Waals surface area contributed by atoms with Crippen LogP contribution in [0.15, 0.2) is 52.7 Å². The smallest absolute Gasteiger partial charge is 0.364 e. The van der Waals surface area contributed by atoms with Crippen molar-refractivity contribution < 1.29 is 9.90 Å². The van der Waals surface area contributed by atoms with E-state index in [9.17, 15) is 9.90 Å². The molecule has 0 radical (unpaired) electrons. The van der Waals surface area contributed by atoms with E-state index in [4.69, 9.17) is 23.2 Å². The molecular weight excluding hydrogens is 339 g/mol. The standard InChI is InChI=1S/C15H10Cl2N4O2/c16-8-4-6-9(7-5-8)18-15(23)21-20-13-12-10(17)2-1-3-11(12)19-14(13)22/h1-7,19,22H,(H,18,23). The molecule has 0 saturated carbocycles. The number of aromatic hydroxyl groups is 1. The Hall–Kier alpha value is -2.57. The van der Waals surface area contributed by atoms with E-state index in [0.29, 0.717) is 26.6 Å². The van der Waals surface area contributed by atoms with Crippen molar-refractivity contribution in [1.29, 1.82) is 0 Å². The van der Waals surface area contributed by atoms with Gasteiger partial charge in [0.2, 0.25) is 5.88 Å². The lowest BCUT2D eigenvalue weighted by Gasteiger charge is -2.00. The third-order valence-corrected chi connectivity index (χ3v) is 3.63. The van der Waals surface area contributed by atoms with Crippen LogP contribution in [0.3, 0.4) is 0 Å². The van der Waals surface area contributed by atoms with Gasteiger partial charge in [-0.25, -0.2) is 4.79 Å². The van der Waals surface area contributed by atoms with Crippen molar-refractivity contribution in [1.82, 2.24) is 4.98 Å². The Bertz CT molecular complexity index is 904. The van der Waals surface area contributed by atoms with Gasteiger partial charge in [-0.2, -0.15) is 0 Å². The molecule has 0 aliphatic carbocycles. The van der Waals surface area contributed by atoms with E-state index in [1.165, 1.54) is 0 Å². The van der Waals surface area contributed by atoms with Gasteiger partial charge in [0, 0.05) is 16.1 Å². The molecule has 0 spiro atoms. The molecule has 0 bridgehead atoms. The Kier molecular flexibility index (Phi) is 4.18. The normalized spacial score (nSPS) is 11.2. The van der Waals surface area contributed by atoms with Crippen LogP contribution in [0.1, 0.15) is 0 Å². The van der Waals surface area contributed by atoms with Gasteiger partial charge in [0.1, 0.15) is 0 Å². The van der Waals surface area contributed by atoms with Gasteiger partial charge in [0.15, 0.2) is 5.69 Å². The molecular formula is C15H10Cl2N4O2. The maximum absolute atomic E-state index is 11.8. The summed E-state index contributed by atoms with van der Waals surface area (Å²) < 4.78 is 0. The number of azo groups is 1. The van der Waals surface area contributed by atoms with Gasteiger partial charge in [-0.05, 0) is 36.4 Å². The first-order valence-corrected chi connectivity index (χ1v) is 7.27. The lowest BCUT2D eigenvalue weighted by atomic mass is 10.2. The van der Waals surface area contributed by atoms with Crippen molar-refractivity contribution in [2.45, 2.75) is 0 Å². The first-order valence-electron chi connectivity index (χ1n) is 6.52. The largest absolute Gasteiger partial charge is 0.493 e. The number of amides is 2. The molecule has 0 atom stereocenters. The van der Waals surface area contributed by atoms with Gasteiger partial charge in [-0.1, -0.05) is 34.4 Å². The van der Waals surface area contributed by atoms with Crippen molar-refractivity contribution >= 4 is 51.5 Å². The first-order chi connectivity index (χ1) is 11.0. The summed E-state index contributed by atoms with van der Waals surface area (Å²) in [6.07, 6.45) is 0. The molecule has 0 aliphatic rings. The minimum atomic E-state index is -0.687. The summed E-state index contributed by atoms with van der Waals surface area (Å²) in [5.74, 6) is -0.212. The second kappa shape index (κ2) is 6.28. The number of anilines is 1.